The summed E-state index contributed by atoms with van der Waals surface area (Å²) in [4.78, 5) is 22.9. The van der Waals surface area contributed by atoms with Gasteiger partial charge in [-0.3, -0.25) is 10.1 Å². The highest BCUT2D eigenvalue weighted by Crippen LogP contribution is 2.41. The lowest BCUT2D eigenvalue weighted by Gasteiger charge is -2.28. The maximum absolute atomic E-state index is 12.6. The first-order valence-corrected chi connectivity index (χ1v) is 8.16. The van der Waals surface area contributed by atoms with E-state index in [-0.39, 0.29) is 29.3 Å². The molecule has 1 aliphatic rings. The van der Waals surface area contributed by atoms with Crippen LogP contribution in [0.25, 0.3) is 0 Å². The van der Waals surface area contributed by atoms with Gasteiger partial charge in [0.05, 0.1) is 23.0 Å². The summed E-state index contributed by atoms with van der Waals surface area (Å²) in [7, 11) is 0. The van der Waals surface area contributed by atoms with Crippen LogP contribution >= 0.6 is 0 Å². The number of nitriles is 1. The number of hydrogen-bond acceptors (Lipinski definition) is 7. The number of rotatable bonds is 6. The van der Waals surface area contributed by atoms with E-state index in [2.05, 4.69) is 0 Å². The van der Waals surface area contributed by atoms with Gasteiger partial charge in [-0.25, -0.2) is 4.79 Å². The van der Waals surface area contributed by atoms with Crippen molar-refractivity contribution in [1.29, 1.82) is 5.26 Å². The molecule has 1 unspecified atom stereocenters. The van der Waals surface area contributed by atoms with Gasteiger partial charge in [0.15, 0.2) is 0 Å². The van der Waals surface area contributed by atoms with Gasteiger partial charge >= 0.3 is 5.97 Å². The number of carbonyl (C=O) groups excluding carboxylic acids is 1. The van der Waals surface area contributed by atoms with Crippen LogP contribution in [0.3, 0.4) is 0 Å². The van der Waals surface area contributed by atoms with Crippen molar-refractivity contribution in [3.8, 4) is 6.07 Å². The molecule has 1 aromatic carbocycles. The second-order valence-electron chi connectivity index (χ2n) is 5.58. The van der Waals surface area contributed by atoms with E-state index in [1.807, 2.05) is 13.0 Å². The molecule has 1 atom stereocenters. The van der Waals surface area contributed by atoms with Crippen LogP contribution in [0.15, 0.2) is 47.1 Å². The Labute approximate surface area is 150 Å². The molecule has 26 heavy (non-hydrogen) atoms. The highest BCUT2D eigenvalue weighted by Gasteiger charge is 2.37. The van der Waals surface area contributed by atoms with Crippen LogP contribution in [-0.4, -0.2) is 17.5 Å². The molecule has 1 heterocycles. The summed E-state index contributed by atoms with van der Waals surface area (Å²) in [5, 5.41) is 20.4. The van der Waals surface area contributed by atoms with Crippen molar-refractivity contribution in [2.24, 2.45) is 5.73 Å². The molecule has 1 aromatic rings. The van der Waals surface area contributed by atoms with E-state index in [4.69, 9.17) is 15.2 Å². The zero-order chi connectivity index (χ0) is 19.3. The Kier molecular flexibility index (Phi) is 5.96. The van der Waals surface area contributed by atoms with Crippen molar-refractivity contribution in [3.05, 3.63) is 62.7 Å². The number of nitrogens with two attached hydrogens (primary N) is 1. The van der Waals surface area contributed by atoms with Crippen molar-refractivity contribution >= 4 is 11.7 Å². The zero-order valence-corrected chi connectivity index (χ0v) is 14.5. The molecular formula is C18H19N3O5. The van der Waals surface area contributed by atoms with Crippen LogP contribution in [-0.2, 0) is 14.3 Å². The topological polar surface area (TPSA) is 128 Å². The highest BCUT2D eigenvalue weighted by atomic mass is 16.6. The number of nitrogens with zero attached hydrogens (tertiary/aromatic N) is 2. The first-order valence-electron chi connectivity index (χ1n) is 8.16. The van der Waals surface area contributed by atoms with Crippen LogP contribution in [0.1, 0.15) is 38.2 Å². The van der Waals surface area contributed by atoms with Crippen LogP contribution in [0.5, 0.6) is 0 Å². The monoisotopic (exact) mass is 357 g/mol. The highest BCUT2D eigenvalue weighted by molar-refractivity contribution is 5.92. The molecule has 0 bridgehead atoms. The Morgan fingerprint density at radius 3 is 2.54 bits per heavy atom. The molecule has 0 saturated heterocycles. The van der Waals surface area contributed by atoms with Crippen molar-refractivity contribution in [2.45, 2.75) is 32.6 Å². The third-order valence-corrected chi connectivity index (χ3v) is 3.91. The van der Waals surface area contributed by atoms with Crippen LogP contribution in [0.2, 0.25) is 0 Å². The summed E-state index contributed by atoms with van der Waals surface area (Å²) in [6.07, 6.45) is 1.14. The number of allylic oxidation sites excluding steroid dienone is 2. The maximum Gasteiger partial charge on any atom is 0.338 e. The maximum atomic E-state index is 12.6. The molecule has 0 amide bonds. The molecule has 8 heteroatoms. The van der Waals surface area contributed by atoms with E-state index in [1.54, 1.807) is 6.92 Å². The summed E-state index contributed by atoms with van der Waals surface area (Å²) in [5.41, 5.74) is 6.60. The summed E-state index contributed by atoms with van der Waals surface area (Å²) < 4.78 is 10.7. The van der Waals surface area contributed by atoms with Gasteiger partial charge in [0.1, 0.15) is 17.4 Å². The fourth-order valence-corrected chi connectivity index (χ4v) is 2.79. The molecule has 0 saturated carbocycles. The second-order valence-corrected chi connectivity index (χ2v) is 5.58. The Morgan fingerprint density at radius 2 is 2.04 bits per heavy atom. The van der Waals surface area contributed by atoms with Crippen molar-refractivity contribution in [3.63, 3.8) is 0 Å². The van der Waals surface area contributed by atoms with E-state index in [1.165, 1.54) is 24.3 Å². The zero-order valence-electron chi connectivity index (χ0n) is 14.5. The molecule has 0 aliphatic carbocycles. The van der Waals surface area contributed by atoms with E-state index in [0.29, 0.717) is 24.2 Å². The minimum atomic E-state index is -0.796. The number of ether oxygens (including phenoxy) is 2. The molecule has 0 spiro atoms. The average Bonchev–Trinajstić information content (AvgIpc) is 2.61. The van der Waals surface area contributed by atoms with Gasteiger partial charge in [0.2, 0.25) is 5.88 Å². The van der Waals surface area contributed by atoms with Gasteiger partial charge in [-0.2, -0.15) is 5.26 Å². The summed E-state index contributed by atoms with van der Waals surface area (Å²) in [5.74, 6) is -1.12. The molecule has 0 fully saturated rings. The Morgan fingerprint density at radius 1 is 1.38 bits per heavy atom. The first kappa shape index (κ1) is 19.0. The summed E-state index contributed by atoms with van der Waals surface area (Å²) in [6, 6.07) is 7.62. The third-order valence-electron chi connectivity index (χ3n) is 3.91. The van der Waals surface area contributed by atoms with Crippen LogP contribution in [0, 0.1) is 21.4 Å². The van der Waals surface area contributed by atoms with E-state index < -0.39 is 16.8 Å². The first-order chi connectivity index (χ1) is 12.4. The van der Waals surface area contributed by atoms with Gasteiger partial charge in [-0.15, -0.1) is 0 Å². The number of esters is 1. The average molecular weight is 357 g/mol. The van der Waals surface area contributed by atoms with Crippen LogP contribution in [0.4, 0.5) is 5.69 Å². The smallest absolute Gasteiger partial charge is 0.338 e. The number of benzene rings is 1. The Bertz CT molecular complexity index is 818. The lowest BCUT2D eigenvalue weighted by molar-refractivity contribution is -0.384. The molecule has 2 rings (SSSR count). The minimum absolute atomic E-state index is 0.0711. The van der Waals surface area contributed by atoms with Crippen molar-refractivity contribution in [1.82, 2.24) is 0 Å². The number of carbonyl (C=O) groups is 1. The second kappa shape index (κ2) is 8.16. The number of non-ortho nitro benzene ring substituents is 1. The van der Waals surface area contributed by atoms with Crippen LogP contribution < -0.4 is 5.73 Å². The van der Waals surface area contributed by atoms with E-state index in [0.717, 1.165) is 0 Å². The minimum Gasteiger partial charge on any atom is -0.463 e. The molecule has 8 nitrogen and oxygen atoms in total. The van der Waals surface area contributed by atoms with Crippen molar-refractivity contribution in [2.75, 3.05) is 6.61 Å². The quantitative estimate of drug-likeness (QED) is 0.470. The standard InChI is InChI=1S/C18H19N3O5/c1-3-5-14-16(18(22)25-4-2)15(13(10-19)17(20)26-14)11-6-8-12(9-7-11)21(23)24/h6-9,15H,3-5,20H2,1-2H3. The van der Waals surface area contributed by atoms with Crippen molar-refractivity contribution < 1.29 is 19.2 Å². The SMILES string of the molecule is CCCC1=C(C(=O)OCC)C(c2ccc([N+](=O)[O-])cc2)C(C#N)=C(N)O1. The summed E-state index contributed by atoms with van der Waals surface area (Å²) in [6.45, 7) is 3.76. The molecule has 1 aliphatic heterocycles. The van der Waals surface area contributed by atoms with E-state index in [9.17, 15) is 20.2 Å². The third kappa shape index (κ3) is 3.67. The van der Waals surface area contributed by atoms with Gasteiger partial charge in [0, 0.05) is 18.6 Å². The lowest BCUT2D eigenvalue weighted by Crippen LogP contribution is -2.26. The van der Waals surface area contributed by atoms with E-state index >= 15 is 0 Å². The molecule has 0 radical (unpaired) electrons. The molecule has 0 aromatic heterocycles. The number of nitro benzene ring substituents is 1. The predicted octanol–water partition coefficient (Wildman–Crippen LogP) is 3.02. The Hall–Kier alpha value is -3.34. The number of nitro groups is 1. The predicted molar refractivity (Wildman–Crippen MR) is 92.3 cm³/mol. The van der Waals surface area contributed by atoms with Gasteiger partial charge in [-0.1, -0.05) is 19.1 Å². The van der Waals surface area contributed by atoms with Gasteiger partial charge in [0.25, 0.3) is 5.69 Å². The molecule has 2 N–H and O–H groups in total. The van der Waals surface area contributed by atoms with Gasteiger partial charge in [-0.05, 0) is 18.9 Å². The molecule has 136 valence electrons. The fraction of sp³-hybridized carbons (Fsp3) is 0.333. The summed E-state index contributed by atoms with van der Waals surface area (Å²) >= 11 is 0. The molecular weight excluding hydrogens is 338 g/mol. The van der Waals surface area contributed by atoms with Gasteiger partial charge < -0.3 is 15.2 Å². The Balaban J connectivity index is 2.63. The largest absolute Gasteiger partial charge is 0.463 e. The number of hydrogen-bond donors (Lipinski definition) is 1. The fourth-order valence-electron chi connectivity index (χ4n) is 2.79. The lowest BCUT2D eigenvalue weighted by atomic mass is 9.82. The normalized spacial score (nSPS) is 16.7.